The first-order valence-electron chi connectivity index (χ1n) is 5.38. The van der Waals surface area contributed by atoms with Crippen molar-refractivity contribution in [1.29, 1.82) is 0 Å². The number of carbonyl (C=O) groups is 2. The molecule has 0 N–H and O–H groups in total. The quantitative estimate of drug-likeness (QED) is 0.321. The van der Waals surface area contributed by atoms with Gasteiger partial charge in [0, 0.05) is 6.42 Å². The average molecular weight is 226 g/mol. The first kappa shape index (κ1) is 14.9. The van der Waals surface area contributed by atoms with Crippen molar-refractivity contribution >= 4 is 11.8 Å². The van der Waals surface area contributed by atoms with E-state index in [9.17, 15) is 9.59 Å². The Hall–Kier alpha value is -1.12. The van der Waals surface area contributed by atoms with Crippen LogP contribution in [-0.2, 0) is 14.3 Å². The van der Waals surface area contributed by atoms with Gasteiger partial charge in [-0.1, -0.05) is 27.4 Å². The van der Waals surface area contributed by atoms with Crippen LogP contribution in [0.4, 0.5) is 0 Å². The number of Topliss-reactive ketones (excluding diaryl/α,β-unsaturated/α-hetero) is 1. The predicted molar refractivity (Wildman–Crippen MR) is 64.1 cm³/mol. The topological polar surface area (TPSA) is 43.4 Å². The third-order valence-electron chi connectivity index (χ3n) is 1.67. The van der Waals surface area contributed by atoms with Gasteiger partial charge in [-0.15, -0.1) is 0 Å². The van der Waals surface area contributed by atoms with Gasteiger partial charge in [0.05, 0.1) is 5.57 Å². The Morgan fingerprint density at radius 2 is 1.50 bits per heavy atom. The van der Waals surface area contributed by atoms with Gasteiger partial charge >= 0.3 is 5.97 Å². The molecule has 0 radical (unpaired) electrons. The van der Waals surface area contributed by atoms with Crippen LogP contribution in [0, 0.1) is 5.41 Å². The lowest BCUT2D eigenvalue weighted by Gasteiger charge is -2.21. The van der Waals surface area contributed by atoms with E-state index in [-0.39, 0.29) is 16.8 Å². The second-order valence-electron chi connectivity index (χ2n) is 6.14. The molecule has 0 aromatic heterocycles. The van der Waals surface area contributed by atoms with Crippen LogP contribution in [0.3, 0.4) is 0 Å². The fraction of sp³-hybridized carbons (Fsp3) is 0.692. The number of carbonyl (C=O) groups excluding carboxylic acids is 2. The summed E-state index contributed by atoms with van der Waals surface area (Å²) < 4.78 is 5.08. The van der Waals surface area contributed by atoms with E-state index in [0.717, 1.165) is 0 Å². The molecule has 3 nitrogen and oxygen atoms in total. The van der Waals surface area contributed by atoms with E-state index in [1.165, 1.54) is 0 Å². The zero-order valence-corrected chi connectivity index (χ0v) is 11.1. The lowest BCUT2D eigenvalue weighted by Crippen LogP contribution is -2.28. The van der Waals surface area contributed by atoms with Gasteiger partial charge in [-0.3, -0.25) is 4.79 Å². The summed E-state index contributed by atoms with van der Waals surface area (Å²) in [5.41, 5.74) is -0.811. The lowest BCUT2D eigenvalue weighted by molar-refractivity contribution is -0.150. The highest BCUT2D eigenvalue weighted by Gasteiger charge is 2.25. The minimum Gasteiger partial charge on any atom is -0.456 e. The molecule has 0 amide bonds. The third kappa shape index (κ3) is 6.38. The van der Waals surface area contributed by atoms with Crippen LogP contribution in [0.2, 0.25) is 0 Å². The lowest BCUT2D eigenvalue weighted by atomic mass is 9.88. The fourth-order valence-corrected chi connectivity index (χ4v) is 1.04. The minimum absolute atomic E-state index is 0.0650. The van der Waals surface area contributed by atoms with Gasteiger partial charge in [-0.05, 0) is 26.2 Å². The highest BCUT2D eigenvalue weighted by molar-refractivity contribution is 6.16. The predicted octanol–water partition coefficient (Wildman–Crippen LogP) is 2.89. The van der Waals surface area contributed by atoms with Gasteiger partial charge in [0.1, 0.15) is 5.60 Å². The van der Waals surface area contributed by atoms with E-state index in [1.54, 1.807) is 20.8 Å². The van der Waals surface area contributed by atoms with E-state index in [0.29, 0.717) is 6.42 Å². The Labute approximate surface area is 97.9 Å². The Bertz CT molecular complexity index is 270. The van der Waals surface area contributed by atoms with E-state index in [2.05, 4.69) is 6.58 Å². The summed E-state index contributed by atoms with van der Waals surface area (Å²) in [4.78, 5) is 23.2. The molecule has 0 rings (SSSR count). The maximum atomic E-state index is 11.7. The second-order valence-corrected chi connectivity index (χ2v) is 6.14. The van der Waals surface area contributed by atoms with E-state index in [1.807, 2.05) is 20.8 Å². The number of hydrogen-bond donors (Lipinski definition) is 0. The fourth-order valence-electron chi connectivity index (χ4n) is 1.04. The van der Waals surface area contributed by atoms with Crippen LogP contribution in [-0.4, -0.2) is 17.4 Å². The summed E-state index contributed by atoms with van der Waals surface area (Å²) in [7, 11) is 0. The van der Waals surface area contributed by atoms with Gasteiger partial charge in [-0.2, -0.15) is 0 Å². The van der Waals surface area contributed by atoms with Gasteiger partial charge in [0.2, 0.25) is 0 Å². The molecule has 16 heavy (non-hydrogen) atoms. The zero-order valence-electron chi connectivity index (χ0n) is 11.1. The molecule has 0 saturated heterocycles. The minimum atomic E-state index is -0.623. The number of hydrogen-bond acceptors (Lipinski definition) is 3. The standard InChI is InChI=1S/C13H22O3/c1-9(10(14)8-12(2,3)4)11(15)16-13(5,6)7/h1,8H2,2-7H3. The van der Waals surface area contributed by atoms with Gasteiger partial charge in [-0.25, -0.2) is 4.79 Å². The van der Waals surface area contributed by atoms with Crippen molar-refractivity contribution in [2.45, 2.75) is 53.6 Å². The van der Waals surface area contributed by atoms with Crippen LogP contribution in [0.25, 0.3) is 0 Å². The molecule has 0 heterocycles. The van der Waals surface area contributed by atoms with Crippen LogP contribution in [0.15, 0.2) is 12.2 Å². The Morgan fingerprint density at radius 1 is 1.06 bits per heavy atom. The smallest absolute Gasteiger partial charge is 0.341 e. The van der Waals surface area contributed by atoms with Crippen molar-refractivity contribution in [3.63, 3.8) is 0 Å². The van der Waals surface area contributed by atoms with E-state index < -0.39 is 11.6 Å². The molecular formula is C13H22O3. The van der Waals surface area contributed by atoms with Gasteiger partial charge in [0.25, 0.3) is 0 Å². The molecule has 92 valence electrons. The molecule has 0 aromatic rings. The van der Waals surface area contributed by atoms with Crippen LogP contribution in [0.1, 0.15) is 48.0 Å². The van der Waals surface area contributed by atoms with Crippen molar-refractivity contribution < 1.29 is 14.3 Å². The highest BCUT2D eigenvalue weighted by atomic mass is 16.6. The van der Waals surface area contributed by atoms with Crippen LogP contribution in [0.5, 0.6) is 0 Å². The van der Waals surface area contributed by atoms with Crippen LogP contribution < -0.4 is 0 Å². The Morgan fingerprint density at radius 3 is 1.81 bits per heavy atom. The molecule has 0 aliphatic carbocycles. The Kier molecular flexibility index (Phi) is 4.47. The normalized spacial score (nSPS) is 12.1. The highest BCUT2D eigenvalue weighted by Crippen LogP contribution is 2.21. The van der Waals surface area contributed by atoms with Crippen molar-refractivity contribution in [2.75, 3.05) is 0 Å². The molecule has 0 saturated carbocycles. The molecule has 3 heteroatoms. The molecule has 0 fully saturated rings. The molecule has 0 aliphatic rings. The second kappa shape index (κ2) is 4.81. The number of esters is 1. The maximum absolute atomic E-state index is 11.7. The molecule has 0 spiro atoms. The molecule has 0 atom stereocenters. The molecular weight excluding hydrogens is 204 g/mol. The summed E-state index contributed by atoms with van der Waals surface area (Å²) in [6, 6.07) is 0. The summed E-state index contributed by atoms with van der Waals surface area (Å²) in [5, 5.41) is 0. The third-order valence-corrected chi connectivity index (χ3v) is 1.67. The first-order valence-corrected chi connectivity index (χ1v) is 5.38. The molecule has 0 aromatic carbocycles. The van der Waals surface area contributed by atoms with Gasteiger partial charge < -0.3 is 4.74 Å². The molecule has 0 unspecified atom stereocenters. The summed E-state index contributed by atoms with van der Waals surface area (Å²) in [6.07, 6.45) is 0.297. The first-order chi connectivity index (χ1) is 6.92. The maximum Gasteiger partial charge on any atom is 0.341 e. The number of ether oxygens (including phenoxy) is 1. The largest absolute Gasteiger partial charge is 0.456 e. The van der Waals surface area contributed by atoms with Crippen molar-refractivity contribution in [3.05, 3.63) is 12.2 Å². The van der Waals surface area contributed by atoms with E-state index >= 15 is 0 Å². The molecule has 0 bridgehead atoms. The van der Waals surface area contributed by atoms with Crippen LogP contribution >= 0.6 is 0 Å². The monoisotopic (exact) mass is 226 g/mol. The van der Waals surface area contributed by atoms with Crippen molar-refractivity contribution in [1.82, 2.24) is 0 Å². The van der Waals surface area contributed by atoms with Crippen molar-refractivity contribution in [2.24, 2.45) is 5.41 Å². The van der Waals surface area contributed by atoms with Crippen molar-refractivity contribution in [3.8, 4) is 0 Å². The number of rotatable bonds is 3. The Balaban J connectivity index is 4.47. The summed E-state index contributed by atoms with van der Waals surface area (Å²) >= 11 is 0. The van der Waals surface area contributed by atoms with Gasteiger partial charge in [0.15, 0.2) is 5.78 Å². The van der Waals surface area contributed by atoms with E-state index in [4.69, 9.17) is 4.74 Å². The molecule has 0 aliphatic heterocycles. The summed E-state index contributed by atoms with van der Waals surface area (Å²) in [5.74, 6) is -0.872. The average Bonchev–Trinajstić information content (AvgIpc) is 1.96. The number of ketones is 1. The zero-order chi connectivity index (χ0) is 13.1. The summed E-state index contributed by atoms with van der Waals surface area (Å²) in [6.45, 7) is 14.6. The SMILES string of the molecule is C=C(C(=O)CC(C)(C)C)C(=O)OC(C)(C)C.